The van der Waals surface area contributed by atoms with Gasteiger partial charge in [-0.1, -0.05) is 44.7 Å². The lowest BCUT2D eigenvalue weighted by Gasteiger charge is -2.24. The second kappa shape index (κ2) is 10.1. The first-order chi connectivity index (χ1) is 12.2. The van der Waals surface area contributed by atoms with Crippen LogP contribution in [0.5, 0.6) is 5.75 Å². The van der Waals surface area contributed by atoms with Crippen molar-refractivity contribution >= 4 is 11.9 Å². The Labute approximate surface area is 150 Å². The van der Waals surface area contributed by atoms with Gasteiger partial charge in [-0.15, -0.1) is 0 Å². The summed E-state index contributed by atoms with van der Waals surface area (Å²) < 4.78 is 10.7. The van der Waals surface area contributed by atoms with Crippen molar-refractivity contribution in [2.75, 3.05) is 20.3 Å². The lowest BCUT2D eigenvalue weighted by atomic mass is 10.1. The first-order valence-electron chi connectivity index (χ1n) is 9.29. The van der Waals surface area contributed by atoms with E-state index < -0.39 is 6.04 Å². The average molecular weight is 347 g/mol. The van der Waals surface area contributed by atoms with E-state index in [2.05, 4.69) is 6.92 Å². The number of likely N-dealkylation sites (tertiary alicyclic amines) is 1. The highest BCUT2D eigenvalue weighted by Gasteiger charge is 2.36. The van der Waals surface area contributed by atoms with Gasteiger partial charge < -0.3 is 14.4 Å². The molecule has 0 bridgehead atoms. The first kappa shape index (κ1) is 19.3. The summed E-state index contributed by atoms with van der Waals surface area (Å²) >= 11 is 0. The van der Waals surface area contributed by atoms with Gasteiger partial charge >= 0.3 is 5.97 Å². The molecule has 1 atom stereocenters. The topological polar surface area (TPSA) is 55.8 Å². The molecule has 25 heavy (non-hydrogen) atoms. The van der Waals surface area contributed by atoms with Crippen LogP contribution in [0.2, 0.25) is 0 Å². The quantitative estimate of drug-likeness (QED) is 0.503. The minimum Gasteiger partial charge on any atom is -0.496 e. The largest absolute Gasteiger partial charge is 0.496 e. The molecule has 1 aromatic rings. The van der Waals surface area contributed by atoms with Crippen LogP contribution in [0.25, 0.3) is 0 Å². The standard InChI is InChI=1S/C20H29NO4/c1-3-4-5-6-9-15-25-20(23)17-12-10-14-21(17)19(22)16-11-7-8-13-18(16)24-2/h7-8,11,13,17H,3-6,9-10,12,14-15H2,1-2H3. The molecule has 1 aliphatic rings. The lowest BCUT2D eigenvalue weighted by molar-refractivity contribution is -0.148. The minimum atomic E-state index is -0.479. The number of para-hydroxylation sites is 1. The zero-order valence-corrected chi connectivity index (χ0v) is 15.3. The summed E-state index contributed by atoms with van der Waals surface area (Å²) in [6, 6.07) is 6.63. The van der Waals surface area contributed by atoms with E-state index in [0.29, 0.717) is 30.9 Å². The molecule has 138 valence electrons. The van der Waals surface area contributed by atoms with Crippen molar-refractivity contribution in [3.8, 4) is 5.75 Å². The van der Waals surface area contributed by atoms with Crippen LogP contribution in [-0.2, 0) is 9.53 Å². The van der Waals surface area contributed by atoms with E-state index in [4.69, 9.17) is 9.47 Å². The summed E-state index contributed by atoms with van der Waals surface area (Å²) in [4.78, 5) is 26.8. The van der Waals surface area contributed by atoms with Crippen molar-refractivity contribution < 1.29 is 19.1 Å². The number of carbonyl (C=O) groups excluding carboxylic acids is 2. The van der Waals surface area contributed by atoms with Gasteiger partial charge in [0.2, 0.25) is 0 Å². The van der Waals surface area contributed by atoms with E-state index in [9.17, 15) is 9.59 Å². The number of carbonyl (C=O) groups is 2. The Morgan fingerprint density at radius 2 is 1.92 bits per heavy atom. The number of hydrogen-bond acceptors (Lipinski definition) is 4. The Morgan fingerprint density at radius 1 is 1.16 bits per heavy atom. The zero-order chi connectivity index (χ0) is 18.1. The Hall–Kier alpha value is -2.04. The summed E-state index contributed by atoms with van der Waals surface area (Å²) in [5, 5.41) is 0. The van der Waals surface area contributed by atoms with E-state index in [1.807, 2.05) is 6.07 Å². The maximum Gasteiger partial charge on any atom is 0.328 e. The monoisotopic (exact) mass is 347 g/mol. The predicted molar refractivity (Wildman–Crippen MR) is 96.8 cm³/mol. The van der Waals surface area contributed by atoms with Crippen molar-refractivity contribution in [2.45, 2.75) is 57.9 Å². The van der Waals surface area contributed by atoms with Gasteiger partial charge in [0, 0.05) is 6.54 Å². The molecule has 1 heterocycles. The van der Waals surface area contributed by atoms with E-state index >= 15 is 0 Å². The van der Waals surface area contributed by atoms with Crippen molar-refractivity contribution in [2.24, 2.45) is 0 Å². The van der Waals surface area contributed by atoms with Gasteiger partial charge in [0.15, 0.2) is 0 Å². The summed E-state index contributed by atoms with van der Waals surface area (Å²) in [5.74, 6) is 0.0820. The van der Waals surface area contributed by atoms with Gasteiger partial charge in [0.25, 0.3) is 5.91 Å². The molecule has 1 saturated heterocycles. The molecule has 0 saturated carbocycles. The Balaban J connectivity index is 1.90. The number of nitrogens with zero attached hydrogens (tertiary/aromatic N) is 1. The van der Waals surface area contributed by atoms with Gasteiger partial charge in [-0.05, 0) is 31.4 Å². The second-order valence-corrected chi connectivity index (χ2v) is 6.44. The molecule has 1 unspecified atom stereocenters. The third-order valence-electron chi connectivity index (χ3n) is 4.62. The molecule has 1 aromatic carbocycles. The van der Waals surface area contributed by atoms with Gasteiger partial charge in [-0.2, -0.15) is 0 Å². The Kier molecular flexibility index (Phi) is 7.76. The smallest absolute Gasteiger partial charge is 0.328 e. The number of unbranched alkanes of at least 4 members (excludes halogenated alkanes) is 4. The molecular weight excluding hydrogens is 318 g/mol. The maximum atomic E-state index is 12.8. The van der Waals surface area contributed by atoms with E-state index in [1.165, 1.54) is 19.3 Å². The average Bonchev–Trinajstić information content (AvgIpc) is 3.13. The van der Waals surface area contributed by atoms with Gasteiger partial charge in [0.05, 0.1) is 19.3 Å². The van der Waals surface area contributed by atoms with Crippen LogP contribution in [0, 0.1) is 0 Å². The number of esters is 1. The maximum absolute atomic E-state index is 12.8. The third-order valence-corrected chi connectivity index (χ3v) is 4.62. The van der Waals surface area contributed by atoms with Crippen LogP contribution in [0.1, 0.15) is 62.2 Å². The van der Waals surface area contributed by atoms with E-state index in [1.54, 1.807) is 30.2 Å². The van der Waals surface area contributed by atoms with Crippen LogP contribution in [-0.4, -0.2) is 43.1 Å². The van der Waals surface area contributed by atoms with Crippen LogP contribution >= 0.6 is 0 Å². The lowest BCUT2D eigenvalue weighted by Crippen LogP contribution is -2.41. The molecule has 0 aliphatic carbocycles. The molecule has 0 spiro atoms. The van der Waals surface area contributed by atoms with Crippen LogP contribution in [0.15, 0.2) is 24.3 Å². The first-order valence-corrected chi connectivity index (χ1v) is 9.29. The molecule has 5 heteroatoms. The highest BCUT2D eigenvalue weighted by Crippen LogP contribution is 2.25. The van der Waals surface area contributed by atoms with Crippen LogP contribution < -0.4 is 4.74 Å². The number of benzene rings is 1. The van der Waals surface area contributed by atoms with Crippen molar-refractivity contribution in [1.29, 1.82) is 0 Å². The molecule has 2 rings (SSSR count). The summed E-state index contributed by atoms with van der Waals surface area (Å²) in [6.45, 7) is 3.19. The van der Waals surface area contributed by atoms with Crippen molar-refractivity contribution in [3.63, 3.8) is 0 Å². The Morgan fingerprint density at radius 3 is 2.68 bits per heavy atom. The SMILES string of the molecule is CCCCCCCOC(=O)C1CCCN1C(=O)c1ccccc1OC. The van der Waals surface area contributed by atoms with E-state index in [-0.39, 0.29) is 11.9 Å². The van der Waals surface area contributed by atoms with Crippen molar-refractivity contribution in [1.82, 2.24) is 4.90 Å². The fraction of sp³-hybridized carbons (Fsp3) is 0.600. The molecule has 0 radical (unpaired) electrons. The van der Waals surface area contributed by atoms with E-state index in [0.717, 1.165) is 19.3 Å². The molecule has 0 N–H and O–H groups in total. The number of hydrogen-bond donors (Lipinski definition) is 0. The molecular formula is C20H29NO4. The minimum absolute atomic E-state index is 0.167. The predicted octanol–water partition coefficient (Wildman–Crippen LogP) is 3.81. The summed E-state index contributed by atoms with van der Waals surface area (Å²) in [5.41, 5.74) is 0.490. The number of rotatable bonds is 9. The fourth-order valence-electron chi connectivity index (χ4n) is 3.21. The summed E-state index contributed by atoms with van der Waals surface area (Å²) in [6.07, 6.45) is 7.04. The second-order valence-electron chi connectivity index (χ2n) is 6.44. The normalized spacial score (nSPS) is 16.7. The molecule has 5 nitrogen and oxygen atoms in total. The van der Waals surface area contributed by atoms with Crippen LogP contribution in [0.3, 0.4) is 0 Å². The zero-order valence-electron chi connectivity index (χ0n) is 15.3. The van der Waals surface area contributed by atoms with Crippen molar-refractivity contribution in [3.05, 3.63) is 29.8 Å². The summed E-state index contributed by atoms with van der Waals surface area (Å²) in [7, 11) is 1.54. The van der Waals surface area contributed by atoms with Gasteiger partial charge in [-0.3, -0.25) is 4.79 Å². The molecule has 0 aromatic heterocycles. The highest BCUT2D eigenvalue weighted by atomic mass is 16.5. The van der Waals surface area contributed by atoms with Gasteiger partial charge in [0.1, 0.15) is 11.8 Å². The number of amides is 1. The van der Waals surface area contributed by atoms with Gasteiger partial charge in [-0.25, -0.2) is 4.79 Å². The number of methoxy groups -OCH3 is 1. The van der Waals surface area contributed by atoms with Crippen LogP contribution in [0.4, 0.5) is 0 Å². The fourth-order valence-corrected chi connectivity index (χ4v) is 3.21. The molecule has 1 amide bonds. The number of ether oxygens (including phenoxy) is 2. The molecule has 1 aliphatic heterocycles. The molecule has 1 fully saturated rings. The Bertz CT molecular complexity index is 573. The third kappa shape index (κ3) is 5.21. The highest BCUT2D eigenvalue weighted by molar-refractivity contribution is 5.99.